The van der Waals surface area contributed by atoms with Crippen LogP contribution in [0.15, 0.2) is 42.0 Å². The second-order valence-electron chi connectivity index (χ2n) is 41.5. The van der Waals surface area contributed by atoms with Gasteiger partial charge in [-0.25, -0.2) is 0 Å². The predicted octanol–water partition coefficient (Wildman–Crippen LogP) is -4.04. The first-order valence-electron chi connectivity index (χ1n) is 48.2. The first kappa shape index (κ1) is 108. The fourth-order valence-corrected chi connectivity index (χ4v) is 24.0. The molecule has 0 spiro atoms. The highest BCUT2D eigenvalue weighted by molar-refractivity contribution is 5.82. The minimum absolute atomic E-state index is 0.0270. The van der Waals surface area contributed by atoms with Crippen LogP contribution in [-0.2, 0) is 106 Å². The van der Waals surface area contributed by atoms with Gasteiger partial charge in [0, 0.05) is 20.1 Å². The van der Waals surface area contributed by atoms with E-state index in [0.29, 0.717) is 64.2 Å². The Kier molecular flexibility index (Phi) is 35.2. The maximum absolute atomic E-state index is 16.2. The first-order chi connectivity index (χ1) is 64.4. The van der Waals surface area contributed by atoms with Gasteiger partial charge in [0.15, 0.2) is 56.2 Å². The third-order valence-electron chi connectivity index (χ3n) is 32.5. The van der Waals surface area contributed by atoms with Crippen LogP contribution in [0, 0.1) is 44.8 Å². The Morgan fingerprint density at radius 3 is 1.57 bits per heavy atom. The number of amides is 1. The highest BCUT2D eigenvalue weighted by Crippen LogP contribution is 2.76. The van der Waals surface area contributed by atoms with Crippen LogP contribution in [-0.4, -0.2) is 417 Å². The number of aliphatic hydroxyl groups is 21. The number of carbonyl (C=O) groups excluding carboxylic acids is 3. The van der Waals surface area contributed by atoms with Gasteiger partial charge in [-0.3, -0.25) is 14.4 Å². The number of hydrogen-bond donors (Lipinski definition) is 22. The molecule has 47 atom stereocenters. The van der Waals surface area contributed by atoms with E-state index in [1.54, 1.807) is 0 Å². The van der Waals surface area contributed by atoms with E-state index >= 15 is 4.79 Å². The van der Waals surface area contributed by atoms with Crippen LogP contribution in [0.1, 0.15) is 177 Å². The van der Waals surface area contributed by atoms with Crippen molar-refractivity contribution in [2.45, 2.75) is 423 Å². The molecule has 8 aliphatic heterocycles. The van der Waals surface area contributed by atoms with E-state index in [9.17, 15) is 117 Å². The van der Waals surface area contributed by atoms with Crippen LogP contribution >= 0.6 is 0 Å². The van der Waals surface area contributed by atoms with E-state index in [-0.39, 0.29) is 50.2 Å². The quantitative estimate of drug-likeness (QED) is 0.0138. The molecule has 12 fully saturated rings. The molecule has 14 rings (SSSR count). The molecule has 43 heteroatoms. The molecule has 13 aliphatic rings. The van der Waals surface area contributed by atoms with Gasteiger partial charge < -0.3 is 198 Å². The van der Waals surface area contributed by atoms with Crippen LogP contribution in [0.3, 0.4) is 0 Å². The van der Waals surface area contributed by atoms with Crippen molar-refractivity contribution in [1.82, 2.24) is 5.32 Å². The zero-order valence-corrected chi connectivity index (χ0v) is 78.4. The van der Waals surface area contributed by atoms with Gasteiger partial charge in [0.2, 0.25) is 6.29 Å². The maximum atomic E-state index is 16.2. The van der Waals surface area contributed by atoms with Crippen molar-refractivity contribution in [3.63, 3.8) is 0 Å². The highest BCUT2D eigenvalue weighted by Gasteiger charge is 2.74. The summed E-state index contributed by atoms with van der Waals surface area (Å²) < 4.78 is 111. The second-order valence-corrected chi connectivity index (χ2v) is 41.5. The van der Waals surface area contributed by atoms with Gasteiger partial charge in [0.25, 0.3) is 5.91 Å². The second kappa shape index (κ2) is 44.5. The van der Waals surface area contributed by atoms with Gasteiger partial charge in [-0.2, -0.15) is 0 Å². The number of nitrogens with one attached hydrogen (secondary N) is 1. The monoisotopic (exact) mass is 1950 g/mol. The lowest BCUT2D eigenvalue weighted by Crippen LogP contribution is -2.71. The molecular weight excluding hydrogens is 1800 g/mol. The molecule has 776 valence electrons. The van der Waals surface area contributed by atoms with Crippen LogP contribution < -0.4 is 5.32 Å². The van der Waals surface area contributed by atoms with Gasteiger partial charge in [-0.15, -0.1) is 0 Å². The fourth-order valence-electron chi connectivity index (χ4n) is 24.0. The maximum Gasteiger partial charge on any atom is 0.317 e. The summed E-state index contributed by atoms with van der Waals surface area (Å²) >= 11 is 0. The van der Waals surface area contributed by atoms with Crippen molar-refractivity contribution in [1.29, 1.82) is 0 Å². The van der Waals surface area contributed by atoms with E-state index in [0.717, 1.165) is 43.2 Å². The van der Waals surface area contributed by atoms with Crippen LogP contribution in [0.2, 0.25) is 0 Å². The van der Waals surface area contributed by atoms with Gasteiger partial charge in [-0.1, -0.05) is 115 Å². The first-order valence-corrected chi connectivity index (χ1v) is 48.2. The molecule has 43 nitrogen and oxygen atoms in total. The summed E-state index contributed by atoms with van der Waals surface area (Å²) in [4.78, 5) is 43.4. The molecule has 1 aromatic rings. The van der Waals surface area contributed by atoms with Crippen molar-refractivity contribution in [3.05, 3.63) is 47.5 Å². The summed E-state index contributed by atoms with van der Waals surface area (Å²) in [6, 6.07) is 9.44. The number of hydrogen-bond acceptors (Lipinski definition) is 42. The average Bonchev–Trinajstić information content (AvgIpc) is 0.667. The minimum atomic E-state index is -2.21. The van der Waals surface area contributed by atoms with Gasteiger partial charge in [-0.05, 0) is 136 Å². The molecular formula is C93H147NO42. The normalized spacial score (nSPS) is 48.6. The van der Waals surface area contributed by atoms with Crippen molar-refractivity contribution in [2.75, 3.05) is 46.7 Å². The Bertz CT molecular complexity index is 4070. The van der Waals surface area contributed by atoms with E-state index in [2.05, 4.69) is 46.0 Å². The predicted molar refractivity (Wildman–Crippen MR) is 459 cm³/mol. The van der Waals surface area contributed by atoms with Crippen LogP contribution in [0.25, 0.3) is 0 Å². The lowest BCUT2D eigenvalue weighted by molar-refractivity contribution is -0.397. The number of unbranched alkanes of at least 4 members (excludes halogenated alkanes) is 7. The molecule has 8 heterocycles. The molecule has 8 saturated heterocycles. The third kappa shape index (κ3) is 21.4. The lowest BCUT2D eigenvalue weighted by Gasteiger charge is -2.71. The molecule has 1 aromatic carbocycles. The Hall–Kier alpha value is -4.11. The van der Waals surface area contributed by atoms with Crippen molar-refractivity contribution in [2.24, 2.45) is 44.8 Å². The molecule has 4 saturated carbocycles. The number of carbonyl (C=O) groups is 3. The minimum Gasteiger partial charge on any atom is -0.461 e. The summed E-state index contributed by atoms with van der Waals surface area (Å²) in [5.74, 6) is -3.32. The summed E-state index contributed by atoms with van der Waals surface area (Å²) in [5, 5.41) is 240. The summed E-state index contributed by atoms with van der Waals surface area (Å²) in [6.45, 7) is 12.2. The van der Waals surface area contributed by atoms with Crippen LogP contribution in [0.4, 0.5) is 0 Å². The van der Waals surface area contributed by atoms with Gasteiger partial charge in [0.1, 0.15) is 165 Å². The standard InChI is InChI=1S/C93H147NO42/c1-41-56(102)63(109)76(134-84-70(116)74(132-82-66(112)61(107)59(105)49(35-95)126-82)71(42(2)125-84)129-81-69(115)72(48(99)40-123-81)130-79-64(110)57(103)46(97)38-121-79)85(124-41)136-87(118)93-31-30-88(3,4)33-45(93)44-24-25-51-89(5)28-27-54(92(8,119-9)52(89)26-29-90(51,6)91(44,7)34-53(93)100)128-86-77(135-83-67(113)62(108)60(106)50(36-96)127-83)73(131-80-65(111)58(104)47(98)39-122-80)68(114)75(133-86)78(117)94-32-20-15-13-11-10-12-14-19-23-55(101)120-37-43-21-17-16-18-22-43/h16-18,21-22,24,41-42,45-54,56-77,79-86,95-100,102-116H,10-15,19-20,23,25-40H2,1-9H3,(H,94,117)/t41?,42?,45?,46-,47-,48-,49?,50?,51?,52-,53+,54+,56+,57+,58+,59-,60+,61+,62+,63+,64?,65?,66?,67?,68+,69?,70+,71+,72+,73+,74?,75?,76?,77?,79+,80+,81+,82+,83+,84?,85+,86-,89?,90?,91-,92?,93?/m1/s1. The van der Waals surface area contributed by atoms with Crippen LogP contribution in [0.5, 0.6) is 0 Å². The summed E-state index contributed by atoms with van der Waals surface area (Å²) in [5.41, 5.74) is -3.81. The number of ether oxygens (including phenoxy) is 18. The zero-order valence-electron chi connectivity index (χ0n) is 78.4. The molecule has 5 aliphatic carbocycles. The smallest absolute Gasteiger partial charge is 0.317 e. The molecule has 1 amide bonds. The van der Waals surface area contributed by atoms with Gasteiger partial charge in [0.05, 0.1) is 63.1 Å². The van der Waals surface area contributed by atoms with Crippen molar-refractivity contribution >= 4 is 17.8 Å². The SMILES string of the molecule is COC1(C)[C@@H](O[C@@H]2OC(C(=O)NCCCCCCCCCCC(=O)OCc3ccccc3)[C@@H](O)[C@H](O[C@@H]3OC[C@@H](O)[C@H](O)C3O)C2O[C@@H]2OC(CO)[C@H](O)[C@H](O)C2O)CCC2(C)C3CC=C4C5CC(C)(C)CCC5(C(=O)O[C@@H]5OC(C)[C@H](O)[C@H](O)C5OC5OC(C)[C@H](O[C@@H]6OC[C@@H](O)[C@H](O[C@@H]7OC[C@@H](O)[C@H](O)C7O)C6O)C(O[C@@H]6OC(CO)[C@@H](O)[C@H](O)C6O)[C@@H]5O)[C@@H](O)C[C@@]4(C)C3(C)CC[C@H]21. The number of aliphatic hydroxyl groups excluding tert-OH is 21. The lowest BCUT2D eigenvalue weighted by atomic mass is 9.34. The van der Waals surface area contributed by atoms with Crippen molar-refractivity contribution < 1.29 is 207 Å². The molecule has 0 bridgehead atoms. The van der Waals surface area contributed by atoms with Gasteiger partial charge >= 0.3 is 11.9 Å². The molecule has 22 N–H and O–H groups in total. The van der Waals surface area contributed by atoms with E-state index in [1.165, 1.54) is 21.0 Å². The highest BCUT2D eigenvalue weighted by atomic mass is 16.8. The Morgan fingerprint density at radius 1 is 0.449 bits per heavy atom. The Balaban J connectivity index is 0.695. The largest absolute Gasteiger partial charge is 0.461 e. The topological polar surface area (TPSA) is 654 Å². The summed E-state index contributed by atoms with van der Waals surface area (Å²) in [6.07, 6.45) is -58.8. The summed E-state index contributed by atoms with van der Waals surface area (Å²) in [7, 11) is 1.54. The van der Waals surface area contributed by atoms with E-state index in [4.69, 9.17) is 85.3 Å². The Labute approximate surface area is 788 Å². The molecule has 136 heavy (non-hydrogen) atoms. The zero-order chi connectivity index (χ0) is 98.5. The number of fused-ring (bicyclic) bond motifs is 7. The number of benzene rings is 1. The average molecular weight is 1950 g/mol. The van der Waals surface area contributed by atoms with Crippen molar-refractivity contribution in [3.8, 4) is 0 Å². The third-order valence-corrected chi connectivity index (χ3v) is 32.5. The molecule has 0 aromatic heterocycles. The number of methoxy groups -OCH3 is 1. The van der Waals surface area contributed by atoms with E-state index in [1.807, 2.05) is 37.3 Å². The fraction of sp³-hybridized carbons (Fsp3) is 0.882. The van der Waals surface area contributed by atoms with E-state index < -0.39 is 323 Å². The Morgan fingerprint density at radius 2 is 0.963 bits per heavy atom. The number of allylic oxidation sites excluding steroid dienone is 2. The number of esters is 2. The molecule has 0 radical (unpaired) electrons. The number of rotatable bonds is 33. The molecule has 20 unspecified atom stereocenters.